The fourth-order valence-electron chi connectivity index (χ4n) is 4.04. The Morgan fingerprint density at radius 1 is 1.16 bits per heavy atom. The van der Waals surface area contributed by atoms with Crippen molar-refractivity contribution in [3.8, 4) is 16.9 Å². The Hall–Kier alpha value is -4.91. The van der Waals surface area contributed by atoms with Crippen LogP contribution in [0.2, 0.25) is 0 Å². The van der Waals surface area contributed by atoms with E-state index in [2.05, 4.69) is 20.4 Å². The summed E-state index contributed by atoms with van der Waals surface area (Å²) in [6.07, 6.45) is 6.50. The summed E-state index contributed by atoms with van der Waals surface area (Å²) >= 11 is 0. The van der Waals surface area contributed by atoms with E-state index in [0.29, 0.717) is 43.6 Å². The molecule has 1 N–H and O–H groups in total. The van der Waals surface area contributed by atoms with Crippen LogP contribution in [-0.2, 0) is 9.47 Å². The zero-order valence-corrected chi connectivity index (χ0v) is 20.5. The number of rotatable bonds is 8. The first-order valence-corrected chi connectivity index (χ1v) is 11.9. The Morgan fingerprint density at radius 2 is 1.95 bits per heavy atom. The summed E-state index contributed by atoms with van der Waals surface area (Å²) in [5.41, 5.74) is 1.11. The Kier molecular flexibility index (Phi) is 7.17. The summed E-state index contributed by atoms with van der Waals surface area (Å²) in [4.78, 5) is 40.3. The lowest BCUT2D eigenvalue weighted by molar-refractivity contribution is -0.384. The summed E-state index contributed by atoms with van der Waals surface area (Å²) in [5.74, 6) is -0.266. The molecule has 0 amide bonds. The van der Waals surface area contributed by atoms with Crippen molar-refractivity contribution in [3.63, 3.8) is 0 Å². The highest BCUT2D eigenvalue weighted by atomic mass is 16.6. The maximum atomic E-state index is 13.4. The number of nitrogens with zero attached hydrogens (tertiary/aromatic N) is 7. The van der Waals surface area contributed by atoms with Crippen molar-refractivity contribution >= 4 is 29.1 Å². The van der Waals surface area contributed by atoms with Crippen molar-refractivity contribution in [2.45, 2.75) is 6.92 Å². The van der Waals surface area contributed by atoms with Gasteiger partial charge in [0.15, 0.2) is 5.82 Å². The highest BCUT2D eigenvalue weighted by Crippen LogP contribution is 2.37. The van der Waals surface area contributed by atoms with Crippen molar-refractivity contribution in [1.82, 2.24) is 24.7 Å². The van der Waals surface area contributed by atoms with Gasteiger partial charge in [0.25, 0.3) is 5.69 Å². The van der Waals surface area contributed by atoms with Gasteiger partial charge in [0.05, 0.1) is 41.7 Å². The normalized spacial score (nSPS) is 13.2. The van der Waals surface area contributed by atoms with Gasteiger partial charge in [-0.1, -0.05) is 0 Å². The average molecular weight is 517 g/mol. The number of hydrogen-bond acceptors (Lipinski definition) is 11. The van der Waals surface area contributed by atoms with E-state index in [9.17, 15) is 14.9 Å². The number of nitrogens with one attached hydrogen (secondary N) is 1. The third kappa shape index (κ3) is 5.13. The predicted molar refractivity (Wildman–Crippen MR) is 138 cm³/mol. The summed E-state index contributed by atoms with van der Waals surface area (Å²) in [6, 6.07) is 9.70. The highest BCUT2D eigenvalue weighted by Gasteiger charge is 2.30. The van der Waals surface area contributed by atoms with E-state index in [-0.39, 0.29) is 34.9 Å². The fourth-order valence-corrected chi connectivity index (χ4v) is 4.04. The fraction of sp³-hybridized carbons (Fsp3) is 0.240. The largest absolute Gasteiger partial charge is 0.462 e. The minimum atomic E-state index is -0.716. The number of nitro groups is 1. The first-order chi connectivity index (χ1) is 18.5. The number of ether oxygens (including phenoxy) is 2. The Bertz CT molecular complexity index is 1440. The van der Waals surface area contributed by atoms with Gasteiger partial charge in [-0.05, 0) is 37.3 Å². The second-order valence-corrected chi connectivity index (χ2v) is 8.19. The van der Waals surface area contributed by atoms with Crippen molar-refractivity contribution < 1.29 is 19.2 Å². The molecule has 1 fully saturated rings. The molecule has 4 aromatic rings. The minimum absolute atomic E-state index is 0.0265. The van der Waals surface area contributed by atoms with Crippen LogP contribution in [0.1, 0.15) is 17.3 Å². The van der Waals surface area contributed by atoms with Gasteiger partial charge in [0, 0.05) is 49.6 Å². The zero-order valence-electron chi connectivity index (χ0n) is 20.5. The molecule has 4 heterocycles. The zero-order chi connectivity index (χ0) is 26.5. The number of benzene rings is 1. The number of esters is 1. The lowest BCUT2D eigenvalue weighted by atomic mass is 10.0. The summed E-state index contributed by atoms with van der Waals surface area (Å²) in [7, 11) is 0. The molecular formula is C25H24N8O5. The molecule has 5 rings (SSSR count). The van der Waals surface area contributed by atoms with Crippen molar-refractivity contribution in [1.29, 1.82) is 0 Å². The van der Waals surface area contributed by atoms with Crippen molar-refractivity contribution in [2.75, 3.05) is 43.1 Å². The molecule has 0 atom stereocenters. The second kappa shape index (κ2) is 11.0. The van der Waals surface area contributed by atoms with Crippen LogP contribution >= 0.6 is 0 Å². The van der Waals surface area contributed by atoms with E-state index < -0.39 is 10.9 Å². The van der Waals surface area contributed by atoms with E-state index in [1.807, 2.05) is 4.90 Å². The number of morpholine rings is 1. The smallest absolute Gasteiger partial charge is 0.344 e. The number of hydrogen-bond donors (Lipinski definition) is 1. The van der Waals surface area contributed by atoms with Crippen LogP contribution in [0.3, 0.4) is 0 Å². The Balaban J connectivity index is 1.78. The van der Waals surface area contributed by atoms with Crippen molar-refractivity contribution in [2.24, 2.45) is 0 Å². The van der Waals surface area contributed by atoms with Gasteiger partial charge in [-0.25, -0.2) is 14.5 Å². The molecule has 13 heteroatoms. The molecule has 1 aliphatic rings. The van der Waals surface area contributed by atoms with Crippen LogP contribution in [-0.4, -0.2) is 68.5 Å². The third-order valence-corrected chi connectivity index (χ3v) is 5.81. The van der Waals surface area contributed by atoms with E-state index in [4.69, 9.17) is 14.5 Å². The van der Waals surface area contributed by atoms with Gasteiger partial charge in [-0.15, -0.1) is 0 Å². The molecule has 0 unspecified atom stereocenters. The van der Waals surface area contributed by atoms with Gasteiger partial charge in [0.2, 0.25) is 5.95 Å². The molecule has 3 aromatic heterocycles. The Labute approximate surface area is 217 Å². The maximum absolute atomic E-state index is 13.4. The monoisotopic (exact) mass is 516 g/mol. The number of pyridine rings is 1. The van der Waals surface area contributed by atoms with E-state index in [0.717, 1.165) is 0 Å². The number of carbonyl (C=O) groups excluding carboxylic acids is 1. The number of anilines is 3. The molecule has 0 radical (unpaired) electrons. The minimum Gasteiger partial charge on any atom is -0.462 e. The molecule has 13 nitrogen and oxygen atoms in total. The van der Waals surface area contributed by atoms with Crippen LogP contribution in [0.5, 0.6) is 0 Å². The molecular weight excluding hydrogens is 492 g/mol. The maximum Gasteiger partial charge on any atom is 0.344 e. The molecule has 1 saturated heterocycles. The summed E-state index contributed by atoms with van der Waals surface area (Å²) in [6.45, 7) is 3.75. The van der Waals surface area contributed by atoms with Gasteiger partial charge in [-0.2, -0.15) is 10.1 Å². The van der Waals surface area contributed by atoms with Crippen molar-refractivity contribution in [3.05, 3.63) is 76.9 Å². The van der Waals surface area contributed by atoms with Gasteiger partial charge >= 0.3 is 5.97 Å². The van der Waals surface area contributed by atoms with Crippen LogP contribution in [0.4, 0.5) is 23.1 Å². The van der Waals surface area contributed by atoms with Crippen LogP contribution in [0.15, 0.2) is 61.2 Å². The first kappa shape index (κ1) is 24.8. The van der Waals surface area contributed by atoms with E-state index >= 15 is 0 Å². The Morgan fingerprint density at radius 3 is 2.63 bits per heavy atom. The molecule has 1 aliphatic heterocycles. The SMILES string of the molecule is CCOC(=O)c1c(Nc2ccncc2)nc(N2CCOCC2)nc1-c1cc(-n2cccn2)ccc1[N+](=O)[O-]. The number of aromatic nitrogens is 5. The lowest BCUT2D eigenvalue weighted by Crippen LogP contribution is -2.37. The molecule has 38 heavy (non-hydrogen) atoms. The number of nitro benzene ring substituents is 1. The quantitative estimate of drug-likeness (QED) is 0.208. The summed E-state index contributed by atoms with van der Waals surface area (Å²) < 4.78 is 12.4. The molecule has 0 spiro atoms. The highest BCUT2D eigenvalue weighted by molar-refractivity contribution is 6.03. The van der Waals surface area contributed by atoms with Gasteiger partial charge < -0.3 is 19.7 Å². The van der Waals surface area contributed by atoms with E-state index in [1.165, 1.54) is 6.07 Å². The van der Waals surface area contributed by atoms with Crippen LogP contribution in [0, 0.1) is 10.1 Å². The molecule has 0 aliphatic carbocycles. The second-order valence-electron chi connectivity index (χ2n) is 8.19. The predicted octanol–water partition coefficient (Wildman–Crippen LogP) is 3.39. The molecule has 1 aromatic carbocycles. The molecule has 0 saturated carbocycles. The van der Waals surface area contributed by atoms with Gasteiger partial charge in [0.1, 0.15) is 5.56 Å². The van der Waals surface area contributed by atoms with Crippen LogP contribution in [0.25, 0.3) is 16.9 Å². The average Bonchev–Trinajstić information content (AvgIpc) is 3.49. The summed E-state index contributed by atoms with van der Waals surface area (Å²) in [5, 5.41) is 19.5. The molecule has 0 bridgehead atoms. The van der Waals surface area contributed by atoms with Crippen LogP contribution < -0.4 is 10.2 Å². The van der Waals surface area contributed by atoms with E-state index in [1.54, 1.807) is 66.7 Å². The first-order valence-electron chi connectivity index (χ1n) is 11.9. The lowest BCUT2D eigenvalue weighted by Gasteiger charge is -2.28. The number of carbonyl (C=O) groups is 1. The topological polar surface area (TPSA) is 150 Å². The standard InChI is InChI=1S/C25H24N8O5/c1-2-38-24(34)21-22(19-16-18(32-11-3-8-27-32)4-5-20(19)33(35)36)29-25(31-12-14-37-15-13-31)30-23(21)28-17-6-9-26-10-7-17/h3-11,16H,2,12-15H2,1H3,(H,26,28,29,30). The third-order valence-electron chi connectivity index (χ3n) is 5.81. The van der Waals surface area contributed by atoms with Gasteiger partial charge in [-0.3, -0.25) is 15.1 Å². The molecule has 194 valence electrons.